The van der Waals surface area contributed by atoms with E-state index in [1.165, 1.54) is 128 Å². The second kappa shape index (κ2) is 33.3. The number of hydrogen-bond acceptors (Lipinski definition) is 0. The summed E-state index contributed by atoms with van der Waals surface area (Å²) in [5.74, 6) is -67.2. The molecular weight excluding hydrogens is 1290 g/mol. The summed E-state index contributed by atoms with van der Waals surface area (Å²) in [6.07, 6.45) is 21.9. The summed E-state index contributed by atoms with van der Waals surface area (Å²) >= 11 is 5.54. The number of hydrogen-bond donors (Lipinski definition) is 0. The average Bonchev–Trinajstić information content (AvgIpc) is 0.704. The molecule has 0 amide bonds. The maximum Gasteiger partial charge on any atom is 4.00 e. The van der Waals surface area contributed by atoms with Gasteiger partial charge in [0, 0.05) is 18.7 Å². The van der Waals surface area contributed by atoms with Crippen LogP contribution in [0.5, 0.6) is 0 Å². The van der Waals surface area contributed by atoms with Crippen LogP contribution in [0.15, 0.2) is 30.3 Å². The summed E-state index contributed by atoms with van der Waals surface area (Å²) in [6.45, 7) is 11.1. The second-order valence-corrected chi connectivity index (χ2v) is 23.3. The van der Waals surface area contributed by atoms with Gasteiger partial charge in [0.15, 0.2) is 69.8 Å². The summed E-state index contributed by atoms with van der Waals surface area (Å²) in [7, 11) is 0. The third-order valence-electron chi connectivity index (χ3n) is 16.8. The van der Waals surface area contributed by atoms with Gasteiger partial charge < -0.3 is 17.4 Å². The molecule has 2 nitrogen and oxygen atoms in total. The molecule has 0 spiro atoms. The second-order valence-electron chi connectivity index (χ2n) is 22.9. The molecule has 5 aromatic carbocycles. The first-order valence-corrected chi connectivity index (χ1v) is 29.2. The molecule has 27 heteroatoms. The molecule has 4 saturated carbocycles. The van der Waals surface area contributed by atoms with E-state index >= 15 is 35.1 Å². The van der Waals surface area contributed by atoms with Crippen LogP contribution in [-0.2, 0) is 26.2 Å². The van der Waals surface area contributed by atoms with Gasteiger partial charge >= 0.3 is 26.2 Å². The van der Waals surface area contributed by atoms with Crippen molar-refractivity contribution in [3.63, 3.8) is 0 Å². The number of halogens is 21. The Morgan fingerprint density at radius 2 is 0.529 bits per heavy atom. The first-order chi connectivity index (χ1) is 40.7. The zero-order valence-electron chi connectivity index (χ0n) is 47.6. The third kappa shape index (κ3) is 16.4. The minimum absolute atomic E-state index is 0. The Kier molecular flexibility index (Phi) is 28.3. The molecule has 4 aliphatic carbocycles. The van der Waals surface area contributed by atoms with Crippen LogP contribution >= 0.6 is 11.6 Å². The Hall–Kier alpha value is -4.01. The molecule has 4 aliphatic rings. The Morgan fingerprint density at radius 1 is 0.356 bits per heavy atom. The molecule has 0 heterocycles. The van der Waals surface area contributed by atoms with Gasteiger partial charge in [-0.2, -0.15) is 19.0 Å². The van der Waals surface area contributed by atoms with Crippen molar-refractivity contribution in [3.05, 3.63) is 169 Å². The van der Waals surface area contributed by atoms with E-state index in [0.29, 0.717) is 19.6 Å². The van der Waals surface area contributed by atoms with Crippen molar-refractivity contribution in [2.45, 2.75) is 166 Å². The predicted molar refractivity (Wildman–Crippen MR) is 296 cm³/mol. The van der Waals surface area contributed by atoms with E-state index in [-0.39, 0.29) is 26.2 Å². The summed E-state index contributed by atoms with van der Waals surface area (Å²) in [4.78, 5) is 0. The molecule has 0 aliphatic heterocycles. The molecule has 87 heavy (non-hydrogen) atoms. The summed E-state index contributed by atoms with van der Waals surface area (Å²) in [6, 6.07) is 9.44. The Labute approximate surface area is 518 Å². The van der Waals surface area contributed by atoms with Gasteiger partial charge in [0.25, 0.3) is 0 Å². The quantitative estimate of drug-likeness (QED) is 0.0281. The Bertz CT molecular complexity index is 2630. The third-order valence-corrected chi connectivity index (χ3v) is 17.0. The standard InChI is InChI=1S/C26H48B2N2.C24BF20.C6H5Cl.C4H9.Zr/c1-5-13-23(14-6-1)27(24-15-7-2-8-16-24)29-21-22-30-28(25-17-9-3-10-18-25)26-19-11-4-12-20-26;26-5-1(6(27)14(35)21(42)13(5)34)25(2-7(28)15(36)22(43)16(37)8(2)29,3-9(30)17(38)23(44)18(39)10(3)31)4-11(32)19(40)24(45)20(41)12(4)33;7-6-4-2-1-3-5-6;1-4(2)3;/h23-26H,1-22H2;;1-5H;4H,1H2,2-3H3;/q-2;-1;;-1;+4. The smallest absolute Gasteiger partial charge is 0.687 e. The van der Waals surface area contributed by atoms with Crippen LogP contribution in [0.3, 0.4) is 0 Å². The van der Waals surface area contributed by atoms with Gasteiger partial charge in [-0.3, -0.25) is 0 Å². The molecule has 5 aromatic rings. The van der Waals surface area contributed by atoms with Crippen molar-refractivity contribution in [1.82, 2.24) is 0 Å². The van der Waals surface area contributed by atoms with Crippen LogP contribution in [-0.4, -0.2) is 32.9 Å². The fourth-order valence-corrected chi connectivity index (χ4v) is 13.1. The summed E-state index contributed by atoms with van der Waals surface area (Å²) in [5.41, 5.74) is -14.3. The topological polar surface area (TPSA) is 28.2 Å². The molecular formula is C60H62B3ClF20N2Zr. The van der Waals surface area contributed by atoms with Crippen molar-refractivity contribution >= 4 is 53.3 Å². The van der Waals surface area contributed by atoms with Crippen molar-refractivity contribution < 1.29 is 114 Å². The summed E-state index contributed by atoms with van der Waals surface area (Å²) in [5, 5.41) is 11.7. The van der Waals surface area contributed by atoms with Crippen LogP contribution in [0.1, 0.15) is 142 Å². The number of benzene rings is 5. The number of nitrogens with zero attached hydrogens (tertiary/aromatic N) is 2. The normalized spacial score (nSPS) is 16.3. The van der Waals surface area contributed by atoms with Crippen LogP contribution < -0.4 is 21.9 Å². The van der Waals surface area contributed by atoms with Gasteiger partial charge in [-0.05, 0) is 12.1 Å². The maximum absolute atomic E-state index is 15.4. The van der Waals surface area contributed by atoms with E-state index in [1.807, 2.05) is 30.3 Å². The van der Waals surface area contributed by atoms with Crippen molar-refractivity contribution in [2.24, 2.45) is 5.92 Å². The largest absolute Gasteiger partial charge is 4.00 e. The first-order valence-electron chi connectivity index (χ1n) is 28.8. The van der Waals surface area contributed by atoms with E-state index in [1.54, 1.807) is 0 Å². The number of rotatable bonds is 13. The maximum atomic E-state index is 15.4. The monoisotopic (exact) mass is 1350 g/mol. The molecule has 0 aromatic heterocycles. The minimum atomic E-state index is -7.22. The van der Waals surface area contributed by atoms with Crippen LogP contribution in [0.25, 0.3) is 10.5 Å². The fourth-order valence-electron chi connectivity index (χ4n) is 13.0. The molecule has 0 atom stereocenters. The van der Waals surface area contributed by atoms with E-state index < -0.39 is 144 Å². The van der Waals surface area contributed by atoms with E-state index in [2.05, 4.69) is 20.8 Å². The van der Waals surface area contributed by atoms with Gasteiger partial charge in [0.1, 0.15) is 52.7 Å². The van der Waals surface area contributed by atoms with Crippen LogP contribution in [0, 0.1) is 129 Å². The van der Waals surface area contributed by atoms with Gasteiger partial charge in [0.2, 0.25) is 0 Å². The fraction of sp³-hybridized carbons (Fsp3) is 0.483. The van der Waals surface area contributed by atoms with Gasteiger partial charge in [-0.1, -0.05) is 195 Å². The Balaban J connectivity index is 0.000000280. The zero-order chi connectivity index (χ0) is 63.5. The molecule has 0 bridgehead atoms. The van der Waals surface area contributed by atoms with Crippen molar-refractivity contribution in [1.29, 1.82) is 0 Å². The molecule has 4 fully saturated rings. The van der Waals surface area contributed by atoms with Crippen LogP contribution in [0.2, 0.25) is 28.3 Å². The molecule has 472 valence electrons. The van der Waals surface area contributed by atoms with Crippen molar-refractivity contribution in [3.8, 4) is 0 Å². The minimum Gasteiger partial charge on any atom is -0.687 e. The molecule has 0 N–H and O–H groups in total. The molecule has 0 unspecified atom stereocenters. The Morgan fingerprint density at radius 3 is 0.690 bits per heavy atom. The van der Waals surface area contributed by atoms with Gasteiger partial charge in [-0.15, -0.1) is 21.9 Å². The van der Waals surface area contributed by atoms with Crippen LogP contribution in [0.4, 0.5) is 87.8 Å². The predicted octanol–water partition coefficient (Wildman–Crippen LogP) is 18.7. The summed E-state index contributed by atoms with van der Waals surface area (Å²) < 4.78 is 294. The molecule has 9 rings (SSSR count). The zero-order valence-corrected chi connectivity index (χ0v) is 50.8. The van der Waals surface area contributed by atoms with Gasteiger partial charge in [0.05, 0.1) is 0 Å². The van der Waals surface area contributed by atoms with E-state index in [0.717, 1.165) is 41.4 Å². The van der Waals surface area contributed by atoms with E-state index in [9.17, 15) is 52.7 Å². The van der Waals surface area contributed by atoms with Gasteiger partial charge in [-0.25, -0.2) is 87.8 Å². The SMILES string of the molecule is C1CCC(B([N-]CC[N-]B(C2CCCCC2)C2CCCCC2)C2CCCCC2)CC1.Clc1ccccc1.Fc1c(F)c(F)c([B-](c2c(F)c(F)c(F)c(F)c2F)(c2c(F)c(F)c(F)c(F)c2F)c2c(F)c(F)c(F)c(F)c2F)c(F)c1F.[CH2-]C(C)C.[Zr+4]. The van der Waals surface area contributed by atoms with Crippen molar-refractivity contribution in [2.75, 3.05) is 13.1 Å². The molecule has 0 saturated heterocycles. The first kappa shape index (κ1) is 73.7. The van der Waals surface area contributed by atoms with E-state index in [4.69, 9.17) is 22.1 Å². The molecule has 0 radical (unpaired) electrons. The average molecular weight is 1350 g/mol.